The fourth-order valence-electron chi connectivity index (χ4n) is 8.40. The molecule has 12 aromatic rings. The third kappa shape index (κ3) is 5.15. The van der Waals surface area contributed by atoms with Crippen molar-refractivity contribution in [3.05, 3.63) is 182 Å². The van der Waals surface area contributed by atoms with Gasteiger partial charge in [-0.05, 0) is 59.7 Å². The second-order valence-corrected chi connectivity index (χ2v) is 16.5. The lowest BCUT2D eigenvalue weighted by atomic mass is 10.0. The molecule has 0 aliphatic heterocycles. The molecule has 4 aromatic heterocycles. The van der Waals surface area contributed by atoms with E-state index in [1.807, 2.05) is 59.1 Å². The maximum atomic E-state index is 5.12. The van der Waals surface area contributed by atoms with Gasteiger partial charge in [-0.1, -0.05) is 133 Å². The van der Waals surface area contributed by atoms with E-state index < -0.39 is 0 Å². The lowest BCUT2D eigenvalue weighted by Gasteiger charge is -2.10. The van der Waals surface area contributed by atoms with Gasteiger partial charge in [0.1, 0.15) is 0 Å². The van der Waals surface area contributed by atoms with Gasteiger partial charge < -0.3 is 4.57 Å². The first kappa shape index (κ1) is 32.3. The van der Waals surface area contributed by atoms with Gasteiger partial charge in [0.25, 0.3) is 0 Å². The highest BCUT2D eigenvalue weighted by atomic mass is 32.1. The van der Waals surface area contributed by atoms with Crippen LogP contribution in [0.1, 0.15) is 0 Å². The summed E-state index contributed by atoms with van der Waals surface area (Å²) in [6.45, 7) is 0. The summed E-state index contributed by atoms with van der Waals surface area (Å²) in [5, 5.41) is 7.52. The maximum absolute atomic E-state index is 5.12. The number of fused-ring (bicyclic) bond motifs is 9. The molecule has 0 bridgehead atoms. The van der Waals surface area contributed by atoms with Crippen LogP contribution < -0.4 is 0 Å². The summed E-state index contributed by atoms with van der Waals surface area (Å²) in [6, 6.07) is 64.9. The van der Waals surface area contributed by atoms with E-state index in [0.717, 1.165) is 27.1 Å². The second-order valence-electron chi connectivity index (χ2n) is 14.4. The minimum Gasteiger partial charge on any atom is -0.308 e. The van der Waals surface area contributed by atoms with Crippen LogP contribution in [0.15, 0.2) is 182 Å². The number of thiophene rings is 2. The number of hydrogen-bond acceptors (Lipinski definition) is 5. The molecule has 0 amide bonds. The summed E-state index contributed by atoms with van der Waals surface area (Å²) in [7, 11) is 0. The van der Waals surface area contributed by atoms with Gasteiger partial charge in [-0.25, -0.2) is 15.0 Å². The zero-order valence-electron chi connectivity index (χ0n) is 30.4. The van der Waals surface area contributed by atoms with Crippen LogP contribution in [0.25, 0.3) is 113 Å². The van der Waals surface area contributed by atoms with Gasteiger partial charge in [-0.3, -0.25) is 0 Å². The molecule has 0 saturated heterocycles. The average molecular weight is 763 g/mol. The van der Waals surface area contributed by atoms with E-state index >= 15 is 0 Å². The summed E-state index contributed by atoms with van der Waals surface area (Å²) < 4.78 is 7.48. The van der Waals surface area contributed by atoms with Crippen LogP contribution in [0.2, 0.25) is 0 Å². The molecule has 4 heterocycles. The highest BCUT2D eigenvalue weighted by Crippen LogP contribution is 2.45. The Kier molecular flexibility index (Phi) is 7.24. The van der Waals surface area contributed by atoms with Gasteiger partial charge in [0, 0.05) is 63.1 Å². The number of hydrogen-bond donors (Lipinski definition) is 0. The molecule has 0 aliphatic rings. The van der Waals surface area contributed by atoms with E-state index in [4.69, 9.17) is 15.0 Å². The summed E-state index contributed by atoms with van der Waals surface area (Å²) >= 11 is 3.67. The molecule has 12 rings (SSSR count). The first-order chi connectivity index (χ1) is 28.2. The standard InChI is InChI=1S/C51H30N4S2/c1-3-13-31(14-4-1)49-52-50(32-15-5-2-6-16-32)54-51(53-49)39-21-11-19-37-38-20-12-23-44(48(38)57-47(37)39)55-42-22-9-7-17-35(42)40-29-33(25-27-43(40)55)34-26-28-46-41(30-34)36-18-8-10-24-45(36)56-46/h1-30H. The normalized spacial score (nSPS) is 11.9. The molecule has 4 nitrogen and oxygen atoms in total. The van der Waals surface area contributed by atoms with E-state index in [2.05, 4.69) is 150 Å². The molecule has 0 fully saturated rings. The Balaban J connectivity index is 1.05. The van der Waals surface area contributed by atoms with Crippen LogP contribution in [0.5, 0.6) is 0 Å². The van der Waals surface area contributed by atoms with Crippen molar-refractivity contribution >= 4 is 84.8 Å². The van der Waals surface area contributed by atoms with E-state index in [0.29, 0.717) is 17.5 Å². The highest BCUT2D eigenvalue weighted by Gasteiger charge is 2.20. The van der Waals surface area contributed by atoms with Gasteiger partial charge in [0.05, 0.1) is 21.4 Å². The van der Waals surface area contributed by atoms with E-state index in [9.17, 15) is 0 Å². The highest BCUT2D eigenvalue weighted by molar-refractivity contribution is 7.27. The van der Waals surface area contributed by atoms with Crippen LogP contribution in [-0.4, -0.2) is 19.5 Å². The van der Waals surface area contributed by atoms with Gasteiger partial charge >= 0.3 is 0 Å². The van der Waals surface area contributed by atoms with Crippen LogP contribution in [0, 0.1) is 0 Å². The minimum absolute atomic E-state index is 0.659. The zero-order valence-corrected chi connectivity index (χ0v) is 32.1. The van der Waals surface area contributed by atoms with Crippen molar-refractivity contribution < 1.29 is 0 Å². The topological polar surface area (TPSA) is 43.6 Å². The van der Waals surface area contributed by atoms with Crippen LogP contribution in [0.3, 0.4) is 0 Å². The first-order valence-corrected chi connectivity index (χ1v) is 20.7. The maximum Gasteiger partial charge on any atom is 0.165 e. The van der Waals surface area contributed by atoms with Crippen LogP contribution in [-0.2, 0) is 0 Å². The van der Waals surface area contributed by atoms with E-state index in [-0.39, 0.29) is 0 Å². The third-order valence-corrected chi connectivity index (χ3v) is 13.5. The van der Waals surface area contributed by atoms with Crippen molar-refractivity contribution in [2.24, 2.45) is 0 Å². The van der Waals surface area contributed by atoms with Crippen molar-refractivity contribution in [3.8, 4) is 51.0 Å². The molecule has 8 aromatic carbocycles. The quantitative estimate of drug-likeness (QED) is 0.175. The fraction of sp³-hybridized carbons (Fsp3) is 0. The smallest absolute Gasteiger partial charge is 0.165 e. The largest absolute Gasteiger partial charge is 0.308 e. The van der Waals surface area contributed by atoms with Crippen molar-refractivity contribution in [2.75, 3.05) is 0 Å². The van der Waals surface area contributed by atoms with Gasteiger partial charge in [-0.15, -0.1) is 22.7 Å². The first-order valence-electron chi connectivity index (χ1n) is 19.0. The minimum atomic E-state index is 0.659. The summed E-state index contributed by atoms with van der Waals surface area (Å²) in [6.07, 6.45) is 0. The Morgan fingerprint density at radius 1 is 0.333 bits per heavy atom. The van der Waals surface area contributed by atoms with Crippen molar-refractivity contribution in [2.45, 2.75) is 0 Å². The second kappa shape index (κ2) is 12.8. The lowest BCUT2D eigenvalue weighted by Crippen LogP contribution is -2.00. The SMILES string of the molecule is c1ccc(-c2nc(-c3ccccc3)nc(-c3cccc4c3sc3c(-n5c6ccccc6c6cc(-c7ccc8sc9ccccc9c8c7)ccc65)cccc34)n2)cc1. The Labute approximate surface area is 335 Å². The number of aromatic nitrogens is 4. The zero-order chi connectivity index (χ0) is 37.5. The Hall–Kier alpha value is -6.99. The van der Waals surface area contributed by atoms with E-state index in [1.165, 1.54) is 68.6 Å². The van der Waals surface area contributed by atoms with Crippen LogP contribution in [0.4, 0.5) is 0 Å². The molecule has 0 aliphatic carbocycles. The predicted octanol–water partition coefficient (Wildman–Crippen LogP) is 14.4. The molecule has 0 spiro atoms. The molecule has 0 atom stereocenters. The summed E-state index contributed by atoms with van der Waals surface area (Å²) in [5.74, 6) is 1.98. The average Bonchev–Trinajstić information content (AvgIpc) is 3.96. The van der Waals surface area contributed by atoms with Crippen LogP contribution >= 0.6 is 22.7 Å². The lowest BCUT2D eigenvalue weighted by molar-refractivity contribution is 1.08. The van der Waals surface area contributed by atoms with E-state index in [1.54, 1.807) is 0 Å². The number of rotatable bonds is 5. The Morgan fingerprint density at radius 2 is 0.895 bits per heavy atom. The third-order valence-electron chi connectivity index (χ3n) is 11.1. The predicted molar refractivity (Wildman–Crippen MR) is 242 cm³/mol. The van der Waals surface area contributed by atoms with Crippen molar-refractivity contribution in [1.29, 1.82) is 0 Å². The summed E-state index contributed by atoms with van der Waals surface area (Å²) in [4.78, 5) is 15.2. The number of nitrogens with zero attached hydrogens (tertiary/aromatic N) is 4. The number of para-hydroxylation sites is 1. The monoisotopic (exact) mass is 762 g/mol. The molecule has 6 heteroatoms. The molecular weight excluding hydrogens is 733 g/mol. The van der Waals surface area contributed by atoms with Gasteiger partial charge in [-0.2, -0.15) is 0 Å². The molecule has 57 heavy (non-hydrogen) atoms. The fourth-order valence-corrected chi connectivity index (χ4v) is 10.8. The van der Waals surface area contributed by atoms with Gasteiger partial charge in [0.2, 0.25) is 0 Å². The molecule has 0 saturated carbocycles. The molecule has 0 N–H and O–H groups in total. The number of benzene rings is 8. The van der Waals surface area contributed by atoms with Crippen molar-refractivity contribution in [1.82, 2.24) is 19.5 Å². The molecule has 266 valence electrons. The molecular formula is C51H30N4S2. The Bertz CT molecular complexity index is 3470. The van der Waals surface area contributed by atoms with Crippen molar-refractivity contribution in [3.63, 3.8) is 0 Å². The molecule has 0 unspecified atom stereocenters. The summed E-state index contributed by atoms with van der Waals surface area (Å²) in [5.41, 5.74) is 8.89. The van der Waals surface area contributed by atoms with Gasteiger partial charge in [0.15, 0.2) is 17.5 Å². The molecule has 0 radical (unpaired) electrons. The Morgan fingerprint density at radius 3 is 1.67 bits per heavy atom.